The molecule has 13 heavy (non-hydrogen) atoms. The molecule has 0 aromatic rings. The topological polar surface area (TPSA) is 29.1 Å². The quantitative estimate of drug-likeness (QED) is 0.723. The molecule has 0 spiro atoms. The van der Waals surface area contributed by atoms with Crippen LogP contribution in [-0.4, -0.2) is 17.9 Å². The van der Waals surface area contributed by atoms with Gasteiger partial charge in [-0.15, -0.1) is 0 Å². The molecule has 1 atom stereocenters. The maximum atomic E-state index is 11.3. The molecule has 1 unspecified atom stereocenters. The SMILES string of the molecule is CC(=O)C(NC1CCCC1)C(C)C. The van der Waals surface area contributed by atoms with E-state index in [0.29, 0.717) is 12.0 Å². The number of hydrogen-bond donors (Lipinski definition) is 1. The predicted molar refractivity (Wildman–Crippen MR) is 54.7 cm³/mol. The average Bonchev–Trinajstić information content (AvgIpc) is 2.50. The van der Waals surface area contributed by atoms with E-state index in [4.69, 9.17) is 0 Å². The van der Waals surface area contributed by atoms with Gasteiger partial charge in [-0.2, -0.15) is 0 Å². The van der Waals surface area contributed by atoms with E-state index in [1.807, 2.05) is 0 Å². The van der Waals surface area contributed by atoms with Crippen molar-refractivity contribution < 1.29 is 4.79 Å². The van der Waals surface area contributed by atoms with Gasteiger partial charge in [0, 0.05) is 6.04 Å². The van der Waals surface area contributed by atoms with Crippen LogP contribution in [-0.2, 0) is 4.79 Å². The summed E-state index contributed by atoms with van der Waals surface area (Å²) in [6.45, 7) is 5.90. The van der Waals surface area contributed by atoms with Crippen molar-refractivity contribution >= 4 is 5.78 Å². The van der Waals surface area contributed by atoms with Gasteiger partial charge in [-0.1, -0.05) is 26.7 Å². The second kappa shape index (κ2) is 4.75. The smallest absolute Gasteiger partial charge is 0.146 e. The zero-order valence-corrected chi connectivity index (χ0v) is 8.97. The summed E-state index contributed by atoms with van der Waals surface area (Å²) in [4.78, 5) is 11.3. The third kappa shape index (κ3) is 3.11. The Morgan fingerprint density at radius 1 is 1.31 bits per heavy atom. The van der Waals surface area contributed by atoms with E-state index in [1.54, 1.807) is 6.92 Å². The minimum Gasteiger partial charge on any atom is -0.304 e. The molecule has 1 aliphatic rings. The lowest BCUT2D eigenvalue weighted by Crippen LogP contribution is -2.44. The fourth-order valence-electron chi connectivity index (χ4n) is 2.13. The first-order chi connectivity index (χ1) is 6.11. The summed E-state index contributed by atoms with van der Waals surface area (Å²) in [7, 11) is 0. The molecule has 2 heteroatoms. The summed E-state index contributed by atoms with van der Waals surface area (Å²) in [5.74, 6) is 0.694. The summed E-state index contributed by atoms with van der Waals surface area (Å²) in [5.41, 5.74) is 0. The van der Waals surface area contributed by atoms with Crippen molar-refractivity contribution in [1.29, 1.82) is 0 Å². The lowest BCUT2D eigenvalue weighted by Gasteiger charge is -2.23. The highest BCUT2D eigenvalue weighted by Gasteiger charge is 2.23. The normalized spacial score (nSPS) is 20.9. The minimum atomic E-state index is 0.0723. The van der Waals surface area contributed by atoms with Crippen LogP contribution in [0.15, 0.2) is 0 Å². The first kappa shape index (κ1) is 10.7. The molecular weight excluding hydrogens is 162 g/mol. The summed E-state index contributed by atoms with van der Waals surface area (Å²) in [5, 5.41) is 3.47. The number of ketones is 1. The predicted octanol–water partition coefficient (Wildman–Crippen LogP) is 2.13. The van der Waals surface area contributed by atoms with Crippen LogP contribution in [0.4, 0.5) is 0 Å². The van der Waals surface area contributed by atoms with Gasteiger partial charge in [-0.3, -0.25) is 4.79 Å². The number of carbonyl (C=O) groups is 1. The van der Waals surface area contributed by atoms with Gasteiger partial charge in [-0.25, -0.2) is 0 Å². The molecule has 0 bridgehead atoms. The summed E-state index contributed by atoms with van der Waals surface area (Å²) < 4.78 is 0. The Hall–Kier alpha value is -0.370. The third-order valence-corrected chi connectivity index (χ3v) is 2.88. The summed E-state index contributed by atoms with van der Waals surface area (Å²) in [6.07, 6.45) is 5.13. The van der Waals surface area contributed by atoms with Crippen molar-refractivity contribution in [2.24, 2.45) is 5.92 Å². The number of hydrogen-bond acceptors (Lipinski definition) is 2. The van der Waals surface area contributed by atoms with E-state index >= 15 is 0 Å². The molecule has 0 aliphatic heterocycles. The van der Waals surface area contributed by atoms with Crippen LogP contribution >= 0.6 is 0 Å². The summed E-state index contributed by atoms with van der Waals surface area (Å²) in [6, 6.07) is 0.666. The first-order valence-electron chi connectivity index (χ1n) is 5.37. The van der Waals surface area contributed by atoms with Gasteiger partial charge in [0.15, 0.2) is 0 Å². The molecule has 0 amide bonds. The molecule has 2 nitrogen and oxygen atoms in total. The molecule has 1 fully saturated rings. The van der Waals surface area contributed by atoms with E-state index in [2.05, 4.69) is 19.2 Å². The number of Topliss-reactive ketones (excluding diaryl/α,β-unsaturated/α-hetero) is 1. The van der Waals surface area contributed by atoms with Crippen LogP contribution in [0.2, 0.25) is 0 Å². The van der Waals surface area contributed by atoms with Crippen molar-refractivity contribution in [2.45, 2.75) is 58.5 Å². The van der Waals surface area contributed by atoms with Gasteiger partial charge in [0.2, 0.25) is 0 Å². The van der Waals surface area contributed by atoms with Crippen LogP contribution in [0.5, 0.6) is 0 Å². The van der Waals surface area contributed by atoms with Crippen LogP contribution in [0.25, 0.3) is 0 Å². The van der Waals surface area contributed by atoms with Gasteiger partial charge >= 0.3 is 0 Å². The number of nitrogens with one attached hydrogen (secondary N) is 1. The second-order valence-electron chi connectivity index (χ2n) is 4.48. The van der Waals surface area contributed by atoms with Crippen molar-refractivity contribution in [3.63, 3.8) is 0 Å². The van der Waals surface area contributed by atoms with Crippen LogP contribution in [0.1, 0.15) is 46.5 Å². The highest BCUT2D eigenvalue weighted by molar-refractivity contribution is 5.81. The van der Waals surface area contributed by atoms with Crippen LogP contribution in [0, 0.1) is 5.92 Å². The van der Waals surface area contributed by atoms with Crippen molar-refractivity contribution in [2.75, 3.05) is 0 Å². The van der Waals surface area contributed by atoms with Gasteiger partial charge in [0.25, 0.3) is 0 Å². The third-order valence-electron chi connectivity index (χ3n) is 2.88. The lowest BCUT2D eigenvalue weighted by atomic mass is 9.99. The second-order valence-corrected chi connectivity index (χ2v) is 4.48. The molecule has 0 heterocycles. The Balaban J connectivity index is 2.41. The molecule has 0 radical (unpaired) electrons. The Morgan fingerprint density at radius 3 is 2.23 bits per heavy atom. The monoisotopic (exact) mass is 183 g/mol. The van der Waals surface area contributed by atoms with Crippen LogP contribution < -0.4 is 5.32 Å². The molecule has 1 rings (SSSR count). The fourth-order valence-corrected chi connectivity index (χ4v) is 2.13. The standard InChI is InChI=1S/C11H21NO/c1-8(2)11(9(3)13)12-10-6-4-5-7-10/h8,10-12H,4-7H2,1-3H3. The minimum absolute atomic E-state index is 0.0723. The zero-order chi connectivity index (χ0) is 9.84. The highest BCUT2D eigenvalue weighted by atomic mass is 16.1. The molecular formula is C11H21NO. The molecule has 1 aliphatic carbocycles. The van der Waals surface area contributed by atoms with Crippen molar-refractivity contribution in [3.05, 3.63) is 0 Å². The Kier molecular flexibility index (Phi) is 3.91. The first-order valence-corrected chi connectivity index (χ1v) is 5.37. The van der Waals surface area contributed by atoms with E-state index in [1.165, 1.54) is 25.7 Å². The van der Waals surface area contributed by atoms with Crippen molar-refractivity contribution in [3.8, 4) is 0 Å². The van der Waals surface area contributed by atoms with Gasteiger partial charge in [0.05, 0.1) is 6.04 Å². The number of rotatable bonds is 4. The van der Waals surface area contributed by atoms with Crippen molar-refractivity contribution in [1.82, 2.24) is 5.32 Å². The van der Waals surface area contributed by atoms with Gasteiger partial charge in [0.1, 0.15) is 5.78 Å². The van der Waals surface area contributed by atoms with E-state index in [-0.39, 0.29) is 11.8 Å². The molecule has 0 aromatic carbocycles. The fraction of sp³-hybridized carbons (Fsp3) is 0.909. The van der Waals surface area contributed by atoms with Gasteiger partial charge < -0.3 is 5.32 Å². The van der Waals surface area contributed by atoms with E-state index < -0.39 is 0 Å². The zero-order valence-electron chi connectivity index (χ0n) is 8.97. The van der Waals surface area contributed by atoms with Crippen LogP contribution in [0.3, 0.4) is 0 Å². The average molecular weight is 183 g/mol. The lowest BCUT2D eigenvalue weighted by molar-refractivity contribution is -0.120. The number of carbonyl (C=O) groups excluding carboxylic acids is 1. The van der Waals surface area contributed by atoms with Gasteiger partial charge in [-0.05, 0) is 25.7 Å². The Labute approximate surface area is 81.1 Å². The van der Waals surface area contributed by atoms with E-state index in [9.17, 15) is 4.79 Å². The summed E-state index contributed by atoms with van der Waals surface area (Å²) >= 11 is 0. The maximum Gasteiger partial charge on any atom is 0.146 e. The largest absolute Gasteiger partial charge is 0.304 e. The molecule has 76 valence electrons. The Morgan fingerprint density at radius 2 is 1.85 bits per heavy atom. The Bertz CT molecular complexity index is 171. The maximum absolute atomic E-state index is 11.3. The molecule has 0 saturated heterocycles. The molecule has 1 N–H and O–H groups in total. The molecule has 0 aromatic heterocycles. The highest BCUT2D eigenvalue weighted by Crippen LogP contribution is 2.19. The van der Waals surface area contributed by atoms with E-state index in [0.717, 1.165) is 0 Å². The molecule has 1 saturated carbocycles.